The normalized spacial score (nSPS) is 12.0. The van der Waals surface area contributed by atoms with Crippen molar-refractivity contribution in [2.45, 2.75) is 12.8 Å². The number of halogens is 3. The van der Waals surface area contributed by atoms with Crippen LogP contribution in [0.15, 0.2) is 18.5 Å². The zero-order valence-electron chi connectivity index (χ0n) is 13.6. The van der Waals surface area contributed by atoms with Crippen LogP contribution in [0.3, 0.4) is 0 Å². The molecule has 0 bridgehead atoms. The summed E-state index contributed by atoms with van der Waals surface area (Å²) in [6.45, 7) is 0.742. The second kappa shape index (κ2) is 5.77. The number of aromatic amines is 3. The second-order valence-electron chi connectivity index (χ2n) is 5.63. The predicted octanol–water partition coefficient (Wildman–Crippen LogP) is 3.51. The average Bonchev–Trinajstić information content (AvgIpc) is 3.31. The van der Waals surface area contributed by atoms with Crippen LogP contribution in [-0.2, 0) is 5.92 Å². The lowest BCUT2D eigenvalue weighted by atomic mass is 10.1. The molecule has 4 aromatic heterocycles. The zero-order chi connectivity index (χ0) is 18.5. The maximum absolute atomic E-state index is 13.5. The summed E-state index contributed by atoms with van der Waals surface area (Å²) in [5, 5.41) is 13.1. The fourth-order valence-corrected chi connectivity index (χ4v) is 2.85. The molecule has 0 aromatic carbocycles. The maximum Gasteiger partial charge on any atom is 0.303 e. The number of hydrogen-bond acceptors (Lipinski definition) is 5. The van der Waals surface area contributed by atoms with E-state index in [4.69, 9.17) is 16.3 Å². The number of methoxy groups -OCH3 is 1. The summed E-state index contributed by atoms with van der Waals surface area (Å²) in [7, 11) is 1.45. The van der Waals surface area contributed by atoms with Gasteiger partial charge in [-0.1, -0.05) is 11.6 Å². The highest BCUT2D eigenvalue weighted by Gasteiger charge is 2.30. The van der Waals surface area contributed by atoms with Crippen molar-refractivity contribution >= 4 is 22.6 Å². The van der Waals surface area contributed by atoms with Crippen molar-refractivity contribution in [2.24, 2.45) is 0 Å². The molecule has 0 amide bonds. The minimum atomic E-state index is -3.14. The third kappa shape index (κ3) is 2.58. The summed E-state index contributed by atoms with van der Waals surface area (Å²) in [6.07, 6.45) is 3.23. The van der Waals surface area contributed by atoms with Crippen LogP contribution in [0.2, 0.25) is 5.02 Å². The van der Waals surface area contributed by atoms with E-state index in [9.17, 15) is 8.78 Å². The van der Waals surface area contributed by atoms with E-state index in [2.05, 4.69) is 35.3 Å². The van der Waals surface area contributed by atoms with Crippen LogP contribution in [0.4, 0.5) is 8.78 Å². The highest BCUT2D eigenvalue weighted by atomic mass is 35.5. The molecule has 4 heterocycles. The third-order valence-corrected chi connectivity index (χ3v) is 4.07. The Bertz CT molecular complexity index is 1080. The number of H-pyrrole nitrogens is 3. The Morgan fingerprint density at radius 1 is 1.27 bits per heavy atom. The summed E-state index contributed by atoms with van der Waals surface area (Å²) in [4.78, 5) is 11.4. The van der Waals surface area contributed by atoms with Crippen LogP contribution in [0, 0.1) is 0 Å². The summed E-state index contributed by atoms with van der Waals surface area (Å²) in [5.41, 5.74) is 2.78. The van der Waals surface area contributed by atoms with E-state index in [0.717, 1.165) is 6.92 Å². The first kappa shape index (κ1) is 16.5. The first-order valence-corrected chi connectivity index (χ1v) is 7.82. The van der Waals surface area contributed by atoms with Crippen molar-refractivity contribution in [3.8, 4) is 28.5 Å². The standard InChI is InChI=1S/C15H12ClF2N7O/c1-15(17,18)14-23-12(24-25-14)11-9(6-4-19-20-5-6)10-8(21-11)3-7(16)13(22-10)26-2/h3-5,21H,1-2H3,(H,19,20)(H,23,24,25). The molecule has 0 fully saturated rings. The van der Waals surface area contributed by atoms with E-state index in [1.165, 1.54) is 7.11 Å². The summed E-state index contributed by atoms with van der Waals surface area (Å²) in [6, 6.07) is 1.64. The van der Waals surface area contributed by atoms with Gasteiger partial charge in [0.15, 0.2) is 11.6 Å². The Kier molecular flexibility index (Phi) is 3.65. The highest BCUT2D eigenvalue weighted by molar-refractivity contribution is 6.32. The van der Waals surface area contributed by atoms with Gasteiger partial charge in [-0.05, 0) is 6.07 Å². The number of ether oxygens (including phenoxy) is 1. The number of rotatable bonds is 4. The first-order valence-electron chi connectivity index (χ1n) is 7.45. The summed E-state index contributed by atoms with van der Waals surface area (Å²) >= 11 is 6.14. The predicted molar refractivity (Wildman–Crippen MR) is 90.2 cm³/mol. The van der Waals surface area contributed by atoms with E-state index >= 15 is 0 Å². The number of fused-ring (bicyclic) bond motifs is 1. The number of aromatic nitrogens is 7. The molecule has 0 aliphatic rings. The minimum absolute atomic E-state index is 0.0748. The fourth-order valence-electron chi connectivity index (χ4n) is 2.62. The largest absolute Gasteiger partial charge is 0.480 e. The topological polar surface area (TPSA) is 108 Å². The SMILES string of the molecule is COc1nc2c(-c3cn[nH]c3)c(-c3n[nH]c(C(C)(F)F)n3)[nH]c2cc1Cl. The number of nitrogens with one attached hydrogen (secondary N) is 3. The van der Waals surface area contributed by atoms with Gasteiger partial charge in [0, 0.05) is 24.2 Å². The molecule has 4 aromatic rings. The van der Waals surface area contributed by atoms with Crippen LogP contribution >= 0.6 is 11.6 Å². The van der Waals surface area contributed by atoms with Gasteiger partial charge in [-0.3, -0.25) is 10.2 Å². The van der Waals surface area contributed by atoms with Gasteiger partial charge < -0.3 is 9.72 Å². The van der Waals surface area contributed by atoms with Crippen LogP contribution in [-0.4, -0.2) is 42.5 Å². The molecule has 3 N–H and O–H groups in total. The van der Waals surface area contributed by atoms with Crippen LogP contribution in [0.1, 0.15) is 12.7 Å². The van der Waals surface area contributed by atoms with Gasteiger partial charge in [0.1, 0.15) is 10.5 Å². The van der Waals surface area contributed by atoms with Crippen molar-refractivity contribution in [3.05, 3.63) is 29.3 Å². The van der Waals surface area contributed by atoms with Crippen molar-refractivity contribution < 1.29 is 13.5 Å². The molecule has 26 heavy (non-hydrogen) atoms. The molecule has 8 nitrogen and oxygen atoms in total. The Balaban J connectivity index is 2.00. The summed E-state index contributed by atoms with van der Waals surface area (Å²) < 4.78 is 32.2. The van der Waals surface area contributed by atoms with Gasteiger partial charge >= 0.3 is 5.92 Å². The number of pyridine rings is 1. The number of alkyl halides is 2. The smallest absolute Gasteiger partial charge is 0.303 e. The van der Waals surface area contributed by atoms with Gasteiger partial charge in [0.25, 0.3) is 0 Å². The fraction of sp³-hybridized carbons (Fsp3) is 0.200. The second-order valence-corrected chi connectivity index (χ2v) is 6.04. The molecule has 0 saturated carbocycles. The maximum atomic E-state index is 13.5. The molecule has 0 saturated heterocycles. The van der Waals surface area contributed by atoms with E-state index in [-0.39, 0.29) is 11.7 Å². The third-order valence-electron chi connectivity index (χ3n) is 3.80. The van der Waals surface area contributed by atoms with Crippen LogP contribution in [0.25, 0.3) is 33.7 Å². The van der Waals surface area contributed by atoms with Gasteiger partial charge in [-0.25, -0.2) is 9.97 Å². The Morgan fingerprint density at radius 2 is 2.08 bits per heavy atom. The lowest BCUT2D eigenvalue weighted by Crippen LogP contribution is -2.09. The lowest BCUT2D eigenvalue weighted by molar-refractivity contribution is 0.00813. The summed E-state index contributed by atoms with van der Waals surface area (Å²) in [5.74, 6) is -3.36. The van der Waals surface area contributed by atoms with E-state index in [0.29, 0.717) is 32.9 Å². The molecular formula is C15H12ClF2N7O. The molecule has 0 radical (unpaired) electrons. The van der Waals surface area contributed by atoms with Crippen molar-refractivity contribution in [1.82, 2.24) is 35.3 Å². The molecule has 0 spiro atoms. The van der Waals surface area contributed by atoms with Crippen LogP contribution < -0.4 is 4.74 Å². The Hall–Kier alpha value is -3.01. The Morgan fingerprint density at radius 3 is 2.69 bits per heavy atom. The van der Waals surface area contributed by atoms with Gasteiger partial charge in [-0.2, -0.15) is 19.0 Å². The Labute approximate surface area is 150 Å². The molecule has 11 heteroatoms. The average molecular weight is 380 g/mol. The number of nitrogens with zero attached hydrogens (tertiary/aromatic N) is 4. The molecule has 0 unspecified atom stereocenters. The monoisotopic (exact) mass is 379 g/mol. The van der Waals surface area contributed by atoms with Crippen molar-refractivity contribution in [1.29, 1.82) is 0 Å². The van der Waals surface area contributed by atoms with Gasteiger partial charge in [0.05, 0.1) is 24.5 Å². The molecular weight excluding hydrogens is 368 g/mol. The van der Waals surface area contributed by atoms with Gasteiger partial charge in [0.2, 0.25) is 5.88 Å². The molecule has 0 aliphatic heterocycles. The lowest BCUT2D eigenvalue weighted by Gasteiger charge is -2.03. The quantitative estimate of drug-likeness (QED) is 0.503. The minimum Gasteiger partial charge on any atom is -0.480 e. The molecule has 0 aliphatic carbocycles. The number of hydrogen-bond donors (Lipinski definition) is 3. The van der Waals surface area contributed by atoms with Crippen molar-refractivity contribution in [3.63, 3.8) is 0 Å². The van der Waals surface area contributed by atoms with Crippen LogP contribution in [0.5, 0.6) is 5.88 Å². The highest BCUT2D eigenvalue weighted by Crippen LogP contribution is 2.39. The van der Waals surface area contributed by atoms with E-state index in [1.807, 2.05) is 0 Å². The van der Waals surface area contributed by atoms with Crippen molar-refractivity contribution in [2.75, 3.05) is 7.11 Å². The molecule has 0 atom stereocenters. The van der Waals surface area contributed by atoms with E-state index < -0.39 is 11.7 Å². The van der Waals surface area contributed by atoms with E-state index in [1.54, 1.807) is 18.5 Å². The molecule has 4 rings (SSSR count). The van der Waals surface area contributed by atoms with Gasteiger partial charge in [-0.15, -0.1) is 0 Å². The zero-order valence-corrected chi connectivity index (χ0v) is 14.3. The first-order chi connectivity index (χ1) is 12.4. The molecule has 134 valence electrons.